The Kier molecular flexibility index (Phi) is 6.14. The van der Waals surface area contributed by atoms with Gasteiger partial charge in [0.1, 0.15) is 6.61 Å². The molecule has 1 amide bonds. The maximum atomic E-state index is 13.4. The third kappa shape index (κ3) is 4.24. The first kappa shape index (κ1) is 23.1. The molecule has 2 unspecified atom stereocenters. The monoisotopic (exact) mass is 479 g/mol. The minimum absolute atomic E-state index is 0.0225. The van der Waals surface area contributed by atoms with Crippen molar-refractivity contribution in [2.75, 3.05) is 19.8 Å². The minimum atomic E-state index is -0.230. The lowest BCUT2D eigenvalue weighted by atomic mass is 9.90. The first-order valence-corrected chi connectivity index (χ1v) is 13.1. The van der Waals surface area contributed by atoms with Gasteiger partial charge < -0.3 is 9.47 Å². The summed E-state index contributed by atoms with van der Waals surface area (Å²) in [7, 11) is 0. The molecule has 3 aliphatic rings. The van der Waals surface area contributed by atoms with Gasteiger partial charge in [-0.05, 0) is 52.1 Å². The third-order valence-electron chi connectivity index (χ3n) is 7.90. The van der Waals surface area contributed by atoms with Gasteiger partial charge in [0.25, 0.3) is 0 Å². The molecule has 0 N–H and O–H groups in total. The fourth-order valence-corrected chi connectivity index (χ4v) is 6.05. The first-order chi connectivity index (χ1) is 17.6. The number of carbonyl (C=O) groups excluding carboxylic acids is 1. The van der Waals surface area contributed by atoms with Crippen LogP contribution in [0.25, 0.3) is 11.1 Å². The fraction of sp³-hybridized carbons (Fsp3) is 0.344. The lowest BCUT2D eigenvalue weighted by molar-refractivity contribution is -0.0363. The van der Waals surface area contributed by atoms with Gasteiger partial charge in [0, 0.05) is 5.92 Å². The van der Waals surface area contributed by atoms with E-state index in [0.29, 0.717) is 25.7 Å². The summed E-state index contributed by atoms with van der Waals surface area (Å²) in [6, 6.07) is 25.8. The van der Waals surface area contributed by atoms with Gasteiger partial charge in [-0.3, -0.25) is 4.90 Å². The summed E-state index contributed by atoms with van der Waals surface area (Å²) in [5.41, 5.74) is 9.02. The molecule has 2 heterocycles. The summed E-state index contributed by atoms with van der Waals surface area (Å²) in [4.78, 5) is 15.3. The van der Waals surface area contributed by atoms with E-state index >= 15 is 0 Å². The second-order valence-corrected chi connectivity index (χ2v) is 10.6. The first-order valence-electron chi connectivity index (χ1n) is 13.1. The van der Waals surface area contributed by atoms with Crippen LogP contribution < -0.4 is 0 Å². The van der Waals surface area contributed by atoms with E-state index in [1.807, 2.05) is 4.90 Å². The van der Waals surface area contributed by atoms with Crippen LogP contribution in [-0.4, -0.2) is 42.9 Å². The molecule has 3 aromatic carbocycles. The van der Waals surface area contributed by atoms with Gasteiger partial charge in [-0.2, -0.15) is 0 Å². The van der Waals surface area contributed by atoms with Gasteiger partial charge in [0.05, 0.1) is 25.3 Å². The van der Waals surface area contributed by atoms with Crippen LogP contribution in [0.5, 0.6) is 0 Å². The molecule has 0 radical (unpaired) electrons. The van der Waals surface area contributed by atoms with Gasteiger partial charge in [-0.25, -0.2) is 4.79 Å². The van der Waals surface area contributed by atoms with E-state index in [1.165, 1.54) is 39.0 Å². The number of carbonyl (C=O) groups is 1. The molecule has 2 atom stereocenters. The van der Waals surface area contributed by atoms with Crippen LogP contribution in [0.4, 0.5) is 4.79 Å². The molecule has 0 saturated carbocycles. The Bertz CT molecular complexity index is 1250. The molecule has 4 nitrogen and oxygen atoms in total. The van der Waals surface area contributed by atoms with Crippen LogP contribution in [0.2, 0.25) is 0 Å². The van der Waals surface area contributed by atoms with Crippen molar-refractivity contribution in [1.29, 1.82) is 0 Å². The normalized spacial score (nSPS) is 20.6. The molecule has 1 aliphatic carbocycles. The SMILES string of the molecule is CC(C)c1ccc(CC2=CC3COCC(C2)N3C(=O)OCC2c3ccccc3-c3ccccc32)cc1. The number of amides is 1. The largest absolute Gasteiger partial charge is 0.448 e. The van der Waals surface area contributed by atoms with Crippen molar-refractivity contribution in [2.24, 2.45) is 0 Å². The van der Waals surface area contributed by atoms with Gasteiger partial charge in [-0.15, -0.1) is 0 Å². The van der Waals surface area contributed by atoms with Gasteiger partial charge in [0.2, 0.25) is 0 Å². The van der Waals surface area contributed by atoms with Crippen molar-refractivity contribution in [2.45, 2.75) is 50.6 Å². The van der Waals surface area contributed by atoms with E-state index in [-0.39, 0.29) is 24.1 Å². The lowest BCUT2D eigenvalue weighted by Crippen LogP contribution is -2.56. The zero-order valence-corrected chi connectivity index (χ0v) is 21.0. The van der Waals surface area contributed by atoms with Gasteiger partial charge in [0.15, 0.2) is 0 Å². The smallest absolute Gasteiger partial charge is 0.410 e. The van der Waals surface area contributed by atoms with E-state index in [9.17, 15) is 4.79 Å². The summed E-state index contributed by atoms with van der Waals surface area (Å²) in [5.74, 6) is 0.609. The number of benzene rings is 3. The fourth-order valence-electron chi connectivity index (χ4n) is 6.05. The van der Waals surface area contributed by atoms with Crippen LogP contribution in [0.1, 0.15) is 54.4 Å². The second kappa shape index (κ2) is 9.59. The Morgan fingerprint density at radius 3 is 2.25 bits per heavy atom. The number of morpholine rings is 1. The number of hydrogen-bond acceptors (Lipinski definition) is 3. The predicted molar refractivity (Wildman–Crippen MR) is 142 cm³/mol. The van der Waals surface area contributed by atoms with Crippen LogP contribution in [-0.2, 0) is 15.9 Å². The molecule has 1 saturated heterocycles. The van der Waals surface area contributed by atoms with Gasteiger partial charge in [-0.1, -0.05) is 98.3 Å². The van der Waals surface area contributed by atoms with Crippen LogP contribution >= 0.6 is 0 Å². The van der Waals surface area contributed by atoms with Crippen molar-refractivity contribution >= 4 is 6.09 Å². The van der Waals surface area contributed by atoms with Crippen LogP contribution in [0.15, 0.2) is 84.4 Å². The molecule has 0 aromatic heterocycles. The van der Waals surface area contributed by atoms with Crippen LogP contribution in [0.3, 0.4) is 0 Å². The number of nitrogens with zero attached hydrogens (tertiary/aromatic N) is 1. The van der Waals surface area contributed by atoms with E-state index in [4.69, 9.17) is 9.47 Å². The van der Waals surface area contributed by atoms with E-state index in [1.54, 1.807) is 0 Å². The van der Waals surface area contributed by atoms with Gasteiger partial charge >= 0.3 is 6.09 Å². The molecule has 1 fully saturated rings. The molecule has 4 heteroatoms. The highest BCUT2D eigenvalue weighted by Crippen LogP contribution is 2.44. The highest BCUT2D eigenvalue weighted by Gasteiger charge is 2.39. The topological polar surface area (TPSA) is 38.8 Å². The zero-order chi connectivity index (χ0) is 24.6. The lowest BCUT2D eigenvalue weighted by Gasteiger charge is -2.44. The molecule has 2 aliphatic heterocycles. The number of hydrogen-bond donors (Lipinski definition) is 0. The average Bonchev–Trinajstić information content (AvgIpc) is 3.21. The third-order valence-corrected chi connectivity index (χ3v) is 7.90. The summed E-state index contributed by atoms with van der Waals surface area (Å²) in [6.45, 7) is 5.87. The minimum Gasteiger partial charge on any atom is -0.448 e. The van der Waals surface area contributed by atoms with Crippen molar-refractivity contribution in [3.05, 3.63) is 107 Å². The molecule has 0 spiro atoms. The summed E-state index contributed by atoms with van der Waals surface area (Å²) < 4.78 is 11.8. The number of fused-ring (bicyclic) bond motifs is 5. The molecular weight excluding hydrogens is 446 g/mol. The summed E-state index contributed by atoms with van der Waals surface area (Å²) in [6.07, 6.45) is 3.75. The highest BCUT2D eigenvalue weighted by atomic mass is 16.6. The molecule has 6 rings (SSSR count). The zero-order valence-electron chi connectivity index (χ0n) is 21.0. The Morgan fingerprint density at radius 1 is 0.944 bits per heavy atom. The van der Waals surface area contributed by atoms with E-state index in [0.717, 1.165) is 12.8 Å². The van der Waals surface area contributed by atoms with Crippen LogP contribution in [0, 0.1) is 0 Å². The Hall–Kier alpha value is -3.37. The number of rotatable bonds is 5. The second-order valence-electron chi connectivity index (χ2n) is 10.6. The Balaban J connectivity index is 1.16. The average molecular weight is 480 g/mol. The Morgan fingerprint density at radius 2 is 1.61 bits per heavy atom. The molecule has 184 valence electrons. The van der Waals surface area contributed by atoms with Crippen molar-refractivity contribution in [3.8, 4) is 11.1 Å². The predicted octanol–water partition coefficient (Wildman–Crippen LogP) is 6.70. The maximum absolute atomic E-state index is 13.4. The van der Waals surface area contributed by atoms with Crippen molar-refractivity contribution in [3.63, 3.8) is 0 Å². The summed E-state index contributed by atoms with van der Waals surface area (Å²) in [5, 5.41) is 0. The quantitative estimate of drug-likeness (QED) is 0.382. The standard InChI is InChI=1S/C32H33NO3/c1-21(2)24-13-11-22(12-14-24)15-23-16-25-18-35-19-26(17-23)33(25)32(34)36-20-31-29-9-5-3-7-27(29)28-8-4-6-10-30(28)31/h3-14,16,21,25-26,31H,15,17-20H2,1-2H3. The number of ether oxygens (including phenoxy) is 2. The molecule has 2 bridgehead atoms. The van der Waals surface area contributed by atoms with E-state index in [2.05, 4.69) is 92.7 Å². The summed E-state index contributed by atoms with van der Waals surface area (Å²) >= 11 is 0. The van der Waals surface area contributed by atoms with Crippen molar-refractivity contribution < 1.29 is 14.3 Å². The highest BCUT2D eigenvalue weighted by molar-refractivity contribution is 5.79. The van der Waals surface area contributed by atoms with Crippen molar-refractivity contribution in [1.82, 2.24) is 4.90 Å². The molecule has 36 heavy (non-hydrogen) atoms. The molecule has 3 aromatic rings. The van der Waals surface area contributed by atoms with E-state index < -0.39 is 0 Å². The Labute approximate surface area is 213 Å². The maximum Gasteiger partial charge on any atom is 0.410 e. The molecular formula is C32H33NO3.